The fraction of sp³-hybridized carbons (Fsp3) is 0.277. The van der Waals surface area contributed by atoms with E-state index in [1.165, 1.54) is 27.8 Å². The molecular formula is C47H47FIrNO3-. The van der Waals surface area contributed by atoms with Gasteiger partial charge >= 0.3 is 0 Å². The number of halogens is 1. The second-order valence-corrected chi connectivity index (χ2v) is 13.8. The van der Waals surface area contributed by atoms with Gasteiger partial charge in [0.1, 0.15) is 5.58 Å². The zero-order chi connectivity index (χ0) is 36.9. The van der Waals surface area contributed by atoms with Gasteiger partial charge < -0.3 is 9.52 Å². The molecular weight excluding hydrogens is 838 g/mol. The van der Waals surface area contributed by atoms with Gasteiger partial charge in [0.25, 0.3) is 0 Å². The minimum Gasteiger partial charge on any atom is -0.512 e. The van der Waals surface area contributed by atoms with Crippen LogP contribution in [-0.4, -0.2) is 15.9 Å². The number of hydrogen-bond donors (Lipinski definition) is 1. The Bertz CT molecular complexity index is 2390. The predicted octanol–water partition coefficient (Wildman–Crippen LogP) is 13.6. The van der Waals surface area contributed by atoms with Crippen LogP contribution in [-0.2, 0) is 24.9 Å². The van der Waals surface area contributed by atoms with Crippen molar-refractivity contribution in [2.75, 3.05) is 0 Å². The van der Waals surface area contributed by atoms with Crippen LogP contribution >= 0.6 is 0 Å². The summed E-state index contributed by atoms with van der Waals surface area (Å²) in [5.74, 6) is 0.483. The fourth-order valence-electron chi connectivity index (χ4n) is 7.22. The third-order valence-electron chi connectivity index (χ3n) is 10.3. The number of allylic oxidation sites excluding steroid dienone is 2. The molecule has 53 heavy (non-hydrogen) atoms. The molecule has 0 aliphatic heterocycles. The van der Waals surface area contributed by atoms with E-state index in [-0.39, 0.29) is 54.9 Å². The van der Waals surface area contributed by atoms with E-state index in [9.17, 15) is 9.90 Å². The molecule has 0 amide bonds. The van der Waals surface area contributed by atoms with Crippen molar-refractivity contribution in [1.82, 2.24) is 4.98 Å². The Morgan fingerprint density at radius 3 is 2.15 bits per heavy atom. The van der Waals surface area contributed by atoms with Crippen LogP contribution in [0.25, 0.3) is 65.9 Å². The molecule has 2 heterocycles. The average Bonchev–Trinajstić information content (AvgIpc) is 3.56. The van der Waals surface area contributed by atoms with Crippen LogP contribution in [0.3, 0.4) is 0 Å². The summed E-state index contributed by atoms with van der Waals surface area (Å²) >= 11 is 0. The Balaban J connectivity index is 0.000000290. The molecule has 5 aromatic carbocycles. The van der Waals surface area contributed by atoms with E-state index < -0.39 is 0 Å². The van der Waals surface area contributed by atoms with Crippen LogP contribution in [0, 0.1) is 23.7 Å². The number of aromatic nitrogens is 1. The Morgan fingerprint density at radius 2 is 1.47 bits per heavy atom. The van der Waals surface area contributed by atoms with Gasteiger partial charge in [-0.05, 0) is 60.1 Å². The summed E-state index contributed by atoms with van der Waals surface area (Å²) < 4.78 is 22.0. The Labute approximate surface area is 325 Å². The first kappa shape index (κ1) is 39.6. The SMILES string of the molecule is CC(C)c1cc(-c2nccc3c2oc2c(F)c(-c4ccccc4)ccc23)[c-]c2ccc3ccccc3c12.CCC(CC)C(=O)/C=C(\O)C(CC)CC.[Ir]. The predicted molar refractivity (Wildman–Crippen MR) is 214 cm³/mol. The van der Waals surface area contributed by atoms with Crippen LogP contribution in [0.2, 0.25) is 0 Å². The van der Waals surface area contributed by atoms with Gasteiger partial charge in [-0.25, -0.2) is 4.39 Å². The number of aliphatic hydroxyl groups is 1. The first-order chi connectivity index (χ1) is 25.2. The molecule has 275 valence electrons. The maximum Gasteiger partial charge on any atom is 0.174 e. The third-order valence-corrected chi connectivity index (χ3v) is 10.3. The van der Waals surface area contributed by atoms with E-state index in [4.69, 9.17) is 9.40 Å². The van der Waals surface area contributed by atoms with Crippen LogP contribution in [0.4, 0.5) is 4.39 Å². The molecule has 2 aromatic heterocycles. The van der Waals surface area contributed by atoms with Crippen molar-refractivity contribution < 1.29 is 38.8 Å². The number of nitrogens with zero attached hydrogens (tertiary/aromatic N) is 1. The van der Waals surface area contributed by atoms with Crippen molar-refractivity contribution in [2.45, 2.75) is 73.1 Å². The topological polar surface area (TPSA) is 63.3 Å². The fourth-order valence-corrected chi connectivity index (χ4v) is 7.22. The van der Waals surface area contributed by atoms with E-state index in [0.29, 0.717) is 22.8 Å². The summed E-state index contributed by atoms with van der Waals surface area (Å²) in [6.45, 7) is 12.5. The standard InChI is InChI=1S/C34H23FNO.C13H24O2.Ir/c1-20(2)29-19-24(18-23-13-12-22-10-6-7-11-25(22)30(23)29)32-34-28(16-17-36-32)27-15-14-26(31(35)33(27)37-34)21-8-4-3-5-9-21;1-5-10(6-2)12(14)9-13(15)11(7-3)8-4;/h3-17,19-20H,1-2H3;9-11,14H,5-8H2,1-4H3;/q-1;;/b;12-9-;. The first-order valence-corrected chi connectivity index (χ1v) is 18.6. The molecule has 0 saturated heterocycles. The van der Waals surface area contributed by atoms with E-state index >= 15 is 4.39 Å². The number of benzene rings is 5. The average molecular weight is 885 g/mol. The molecule has 0 saturated carbocycles. The molecule has 0 unspecified atom stereocenters. The van der Waals surface area contributed by atoms with Crippen LogP contribution in [0.1, 0.15) is 78.7 Å². The molecule has 0 aliphatic rings. The van der Waals surface area contributed by atoms with Gasteiger partial charge in [-0.15, -0.1) is 29.1 Å². The summed E-state index contributed by atoms with van der Waals surface area (Å²) in [5, 5.41) is 16.0. The van der Waals surface area contributed by atoms with Crippen molar-refractivity contribution in [3.63, 3.8) is 0 Å². The molecule has 1 radical (unpaired) electrons. The van der Waals surface area contributed by atoms with Gasteiger partial charge in [0, 0.05) is 66.2 Å². The van der Waals surface area contributed by atoms with E-state index in [1.54, 1.807) is 6.20 Å². The van der Waals surface area contributed by atoms with Gasteiger partial charge in [-0.1, -0.05) is 119 Å². The van der Waals surface area contributed by atoms with Crippen molar-refractivity contribution >= 4 is 49.3 Å². The smallest absolute Gasteiger partial charge is 0.174 e. The summed E-state index contributed by atoms with van der Waals surface area (Å²) in [4.78, 5) is 16.4. The Hall–Kier alpha value is -4.64. The maximum absolute atomic E-state index is 15.7. The van der Waals surface area contributed by atoms with Gasteiger partial charge in [-0.2, -0.15) is 0 Å². The van der Waals surface area contributed by atoms with Crippen molar-refractivity contribution in [2.24, 2.45) is 11.8 Å². The van der Waals surface area contributed by atoms with Gasteiger partial charge in [0.15, 0.2) is 17.2 Å². The molecule has 1 N–H and O–H groups in total. The van der Waals surface area contributed by atoms with E-state index in [1.807, 2.05) is 76.2 Å². The molecule has 6 heteroatoms. The first-order valence-electron chi connectivity index (χ1n) is 18.6. The number of ketones is 1. The van der Waals surface area contributed by atoms with Crippen molar-refractivity contribution in [3.05, 3.63) is 126 Å². The number of fused-ring (bicyclic) bond motifs is 6. The third kappa shape index (κ3) is 8.00. The van der Waals surface area contributed by atoms with Gasteiger partial charge in [0.2, 0.25) is 0 Å². The Morgan fingerprint density at radius 1 is 0.811 bits per heavy atom. The number of pyridine rings is 1. The molecule has 0 spiro atoms. The number of carbonyl (C=O) groups excluding carboxylic acids is 1. The molecule has 0 aliphatic carbocycles. The molecule has 0 fully saturated rings. The Kier molecular flexibility index (Phi) is 13.0. The normalized spacial score (nSPS) is 11.8. The van der Waals surface area contributed by atoms with Crippen molar-refractivity contribution in [3.8, 4) is 22.4 Å². The molecule has 7 rings (SSSR count). The number of carbonyl (C=O) groups is 1. The van der Waals surface area contributed by atoms with E-state index in [0.717, 1.165) is 53.0 Å². The number of rotatable bonds is 10. The monoisotopic (exact) mass is 885 g/mol. The van der Waals surface area contributed by atoms with E-state index in [2.05, 4.69) is 62.4 Å². The second kappa shape index (κ2) is 17.5. The summed E-state index contributed by atoms with van der Waals surface area (Å²) in [6.07, 6.45) is 6.67. The zero-order valence-electron chi connectivity index (χ0n) is 31.3. The summed E-state index contributed by atoms with van der Waals surface area (Å²) in [5.41, 5.74) is 4.92. The number of aliphatic hydroxyl groups excluding tert-OH is 1. The maximum atomic E-state index is 15.7. The van der Waals surface area contributed by atoms with Gasteiger partial charge in [0.05, 0.1) is 5.76 Å². The van der Waals surface area contributed by atoms with Crippen LogP contribution in [0.15, 0.2) is 113 Å². The van der Waals surface area contributed by atoms with Crippen molar-refractivity contribution in [1.29, 1.82) is 0 Å². The second-order valence-electron chi connectivity index (χ2n) is 13.8. The molecule has 7 aromatic rings. The minimum absolute atomic E-state index is 0. The summed E-state index contributed by atoms with van der Waals surface area (Å²) in [7, 11) is 0. The largest absolute Gasteiger partial charge is 0.512 e. The number of hydrogen-bond acceptors (Lipinski definition) is 4. The van der Waals surface area contributed by atoms with Crippen LogP contribution < -0.4 is 0 Å². The molecule has 0 atom stereocenters. The summed E-state index contributed by atoms with van der Waals surface area (Å²) in [6, 6.07) is 33.7. The zero-order valence-corrected chi connectivity index (χ0v) is 33.7. The number of furan rings is 1. The quantitative estimate of drug-likeness (QED) is 0.0643. The minimum atomic E-state index is -0.359. The van der Waals surface area contributed by atoms with Gasteiger partial charge in [-0.3, -0.25) is 9.78 Å². The molecule has 4 nitrogen and oxygen atoms in total. The molecule has 0 bridgehead atoms. The van der Waals surface area contributed by atoms with Crippen LogP contribution in [0.5, 0.6) is 0 Å².